The van der Waals surface area contributed by atoms with Crippen LogP contribution in [0.1, 0.15) is 74.2 Å². The standard InChI is InChI=1S/C36H42N6O8/c37-31(45)30(44)36(13-16-50-17-14-36)40-33(47)28-20-26(41-15-12-29(43)39-35(41)49)21-42(28)34(48)27(18-22-6-2-1-3-7-22)38-32(46)25-11-10-23-8-4-5-9-24(23)19-25/h4-5,8-12,15,19,22,26-28H,1-3,6-7,13-14,16-18,20-21H2,(H2,37,45)(H,38,46)(H,40,47)(H,39,43,49)/t26-,27?,28+/m1/s1. The van der Waals surface area contributed by atoms with E-state index in [0.29, 0.717) is 12.0 Å². The lowest BCUT2D eigenvalue weighted by Crippen LogP contribution is -2.64. The van der Waals surface area contributed by atoms with Gasteiger partial charge in [-0.1, -0.05) is 62.4 Å². The van der Waals surface area contributed by atoms with Crippen molar-refractivity contribution in [1.82, 2.24) is 25.1 Å². The van der Waals surface area contributed by atoms with E-state index in [4.69, 9.17) is 10.5 Å². The Kier molecular flexibility index (Phi) is 10.3. The number of nitrogens with two attached hydrogens (primary N) is 1. The minimum absolute atomic E-state index is 0.0100. The Labute approximate surface area is 287 Å². The predicted molar refractivity (Wildman–Crippen MR) is 182 cm³/mol. The van der Waals surface area contributed by atoms with Gasteiger partial charge in [-0.25, -0.2) is 4.79 Å². The second-order valence-corrected chi connectivity index (χ2v) is 13.6. The minimum Gasteiger partial charge on any atom is -0.381 e. The van der Waals surface area contributed by atoms with E-state index >= 15 is 0 Å². The van der Waals surface area contributed by atoms with Crippen LogP contribution in [0.2, 0.25) is 0 Å². The third kappa shape index (κ3) is 7.39. The summed E-state index contributed by atoms with van der Waals surface area (Å²) in [7, 11) is 0. The van der Waals surface area contributed by atoms with E-state index in [2.05, 4.69) is 15.6 Å². The van der Waals surface area contributed by atoms with Crippen LogP contribution in [0.5, 0.6) is 0 Å². The van der Waals surface area contributed by atoms with Crippen LogP contribution in [0.15, 0.2) is 64.3 Å². The van der Waals surface area contributed by atoms with E-state index in [0.717, 1.165) is 42.9 Å². The van der Waals surface area contributed by atoms with Crippen molar-refractivity contribution in [2.75, 3.05) is 19.8 Å². The van der Waals surface area contributed by atoms with Crippen molar-refractivity contribution in [2.24, 2.45) is 11.7 Å². The summed E-state index contributed by atoms with van der Waals surface area (Å²) in [5.74, 6) is -3.64. The average molecular weight is 687 g/mol. The van der Waals surface area contributed by atoms with Gasteiger partial charge in [0.05, 0.1) is 6.04 Å². The van der Waals surface area contributed by atoms with E-state index < -0.39 is 64.3 Å². The quantitative estimate of drug-likeness (QED) is 0.229. The molecule has 2 aliphatic heterocycles. The fraction of sp³-hybridized carbons (Fsp3) is 0.472. The van der Waals surface area contributed by atoms with Crippen molar-refractivity contribution in [2.45, 2.75) is 81.5 Å². The highest BCUT2D eigenvalue weighted by atomic mass is 16.5. The van der Waals surface area contributed by atoms with Gasteiger partial charge in [0.1, 0.15) is 17.6 Å². The number of carbonyl (C=O) groups is 5. The topological polar surface area (TPSA) is 203 Å². The molecule has 14 heteroatoms. The first-order chi connectivity index (χ1) is 24.0. The van der Waals surface area contributed by atoms with Crippen LogP contribution in [0.4, 0.5) is 0 Å². The first kappa shape index (κ1) is 34.7. The minimum atomic E-state index is -1.62. The molecule has 1 aliphatic carbocycles. The monoisotopic (exact) mass is 686 g/mol. The van der Waals surface area contributed by atoms with Crippen LogP contribution in [-0.4, -0.2) is 81.2 Å². The summed E-state index contributed by atoms with van der Waals surface area (Å²) in [5.41, 5.74) is 2.85. The Morgan fingerprint density at radius 1 is 0.960 bits per heavy atom. The van der Waals surface area contributed by atoms with Gasteiger partial charge in [-0.2, -0.15) is 0 Å². The van der Waals surface area contributed by atoms with Crippen LogP contribution in [0, 0.1) is 5.92 Å². The summed E-state index contributed by atoms with van der Waals surface area (Å²) in [6.45, 7) is 0.119. The summed E-state index contributed by atoms with van der Waals surface area (Å²) in [5, 5.41) is 7.54. The molecule has 0 spiro atoms. The van der Waals surface area contributed by atoms with Crippen molar-refractivity contribution in [1.29, 1.82) is 0 Å². The number of amides is 4. The number of nitrogens with one attached hydrogen (secondary N) is 3. The number of primary amides is 1. The van der Waals surface area contributed by atoms with Crippen molar-refractivity contribution in [3.05, 3.63) is 81.1 Å². The first-order valence-electron chi connectivity index (χ1n) is 17.2. The molecule has 50 heavy (non-hydrogen) atoms. The summed E-state index contributed by atoms with van der Waals surface area (Å²) in [4.78, 5) is 95.9. The maximum absolute atomic E-state index is 14.7. The maximum Gasteiger partial charge on any atom is 0.328 e. The average Bonchev–Trinajstić information content (AvgIpc) is 3.56. The number of ether oxygens (including phenoxy) is 1. The van der Waals surface area contributed by atoms with Crippen LogP contribution in [0.25, 0.3) is 10.8 Å². The molecule has 3 heterocycles. The fourth-order valence-electron chi connectivity index (χ4n) is 7.66. The molecule has 1 unspecified atom stereocenters. The molecule has 14 nitrogen and oxygen atoms in total. The first-order valence-corrected chi connectivity index (χ1v) is 17.2. The Morgan fingerprint density at radius 2 is 1.68 bits per heavy atom. The highest BCUT2D eigenvalue weighted by Gasteiger charge is 2.49. The lowest BCUT2D eigenvalue weighted by atomic mass is 9.84. The molecule has 2 saturated heterocycles. The van der Waals surface area contributed by atoms with Gasteiger partial charge in [0.2, 0.25) is 17.6 Å². The fourth-order valence-corrected chi connectivity index (χ4v) is 7.66. The summed E-state index contributed by atoms with van der Waals surface area (Å²) in [6, 6.07) is 11.2. The molecule has 0 bridgehead atoms. The molecular weight excluding hydrogens is 644 g/mol. The lowest BCUT2D eigenvalue weighted by Gasteiger charge is -2.37. The maximum atomic E-state index is 14.7. The molecule has 3 atom stereocenters. The number of hydrogen-bond acceptors (Lipinski definition) is 8. The Balaban J connectivity index is 1.33. The smallest absolute Gasteiger partial charge is 0.328 e. The van der Waals surface area contributed by atoms with Gasteiger partial charge in [0.25, 0.3) is 17.4 Å². The molecule has 2 aromatic carbocycles. The number of Topliss-reactive ketones (excluding diaryl/α,β-unsaturated/α-hetero) is 1. The number of carbonyl (C=O) groups excluding carboxylic acids is 5. The molecule has 3 fully saturated rings. The number of nitrogens with zero attached hydrogens (tertiary/aromatic N) is 2. The van der Waals surface area contributed by atoms with Crippen molar-refractivity contribution in [3.63, 3.8) is 0 Å². The summed E-state index contributed by atoms with van der Waals surface area (Å²) >= 11 is 0. The number of H-pyrrole nitrogens is 1. The van der Waals surface area contributed by atoms with Gasteiger partial charge < -0.3 is 26.0 Å². The van der Waals surface area contributed by atoms with E-state index in [1.54, 1.807) is 12.1 Å². The van der Waals surface area contributed by atoms with Crippen molar-refractivity contribution >= 4 is 40.2 Å². The number of ketones is 1. The SMILES string of the molecule is NC(=O)C(=O)C1(NC(=O)[C@@H]2C[C@@H](n3ccc(=O)[nH]c3=O)CN2C(=O)C(CC2CCCCC2)NC(=O)c2ccc3ccccc3c2)CCOCC1. The normalized spacial score (nSPS) is 21.3. The van der Waals surface area contributed by atoms with E-state index in [-0.39, 0.29) is 44.9 Å². The third-order valence-corrected chi connectivity index (χ3v) is 10.4. The third-order valence-electron chi connectivity index (χ3n) is 10.4. The largest absolute Gasteiger partial charge is 0.381 e. The molecule has 4 amide bonds. The zero-order valence-electron chi connectivity index (χ0n) is 27.7. The number of aromatic amines is 1. The predicted octanol–water partition coefficient (Wildman–Crippen LogP) is 1.32. The number of aromatic nitrogens is 2. The van der Waals surface area contributed by atoms with Gasteiger partial charge >= 0.3 is 5.69 Å². The lowest BCUT2D eigenvalue weighted by molar-refractivity contribution is -0.147. The van der Waals surface area contributed by atoms with Crippen LogP contribution in [0.3, 0.4) is 0 Å². The highest BCUT2D eigenvalue weighted by Crippen LogP contribution is 2.32. The molecule has 3 aromatic rings. The molecule has 0 radical (unpaired) electrons. The number of hydrogen-bond donors (Lipinski definition) is 4. The summed E-state index contributed by atoms with van der Waals surface area (Å²) in [6.07, 6.45) is 6.57. The molecule has 264 valence electrons. The van der Waals surface area contributed by atoms with Gasteiger partial charge in [0, 0.05) is 50.4 Å². The van der Waals surface area contributed by atoms with Gasteiger partial charge in [0.15, 0.2) is 0 Å². The highest BCUT2D eigenvalue weighted by molar-refractivity contribution is 6.39. The zero-order valence-corrected chi connectivity index (χ0v) is 27.7. The van der Waals surface area contributed by atoms with Gasteiger partial charge in [-0.05, 0) is 41.7 Å². The van der Waals surface area contributed by atoms with Crippen molar-refractivity contribution < 1.29 is 28.7 Å². The number of rotatable bonds is 10. The second-order valence-electron chi connectivity index (χ2n) is 13.6. The van der Waals surface area contributed by atoms with E-state index in [9.17, 15) is 33.6 Å². The second kappa shape index (κ2) is 14.8. The summed E-state index contributed by atoms with van der Waals surface area (Å²) < 4.78 is 6.65. The van der Waals surface area contributed by atoms with Crippen molar-refractivity contribution in [3.8, 4) is 0 Å². The van der Waals surface area contributed by atoms with Crippen LogP contribution in [-0.2, 0) is 23.9 Å². The van der Waals surface area contributed by atoms with Crippen LogP contribution < -0.4 is 27.6 Å². The zero-order chi connectivity index (χ0) is 35.4. The Morgan fingerprint density at radius 3 is 2.38 bits per heavy atom. The van der Waals surface area contributed by atoms with E-state index in [1.165, 1.54) is 21.7 Å². The molecule has 5 N–H and O–H groups in total. The van der Waals surface area contributed by atoms with Gasteiger partial charge in [-0.15, -0.1) is 0 Å². The number of benzene rings is 2. The molecule has 3 aliphatic rings. The molecule has 1 aromatic heterocycles. The molecule has 6 rings (SSSR count). The number of fused-ring (bicyclic) bond motifs is 1. The Hall–Kier alpha value is -5.11. The van der Waals surface area contributed by atoms with Gasteiger partial charge in [-0.3, -0.25) is 38.3 Å². The molecule has 1 saturated carbocycles. The number of likely N-dealkylation sites (tertiary alicyclic amines) is 1. The van der Waals surface area contributed by atoms with Crippen LogP contribution >= 0.6 is 0 Å². The Bertz CT molecular complexity index is 1910. The molecular formula is C36H42N6O8. The van der Waals surface area contributed by atoms with E-state index in [1.807, 2.05) is 30.3 Å².